The maximum absolute atomic E-state index is 10.8. The minimum atomic E-state index is -0.999. The summed E-state index contributed by atoms with van der Waals surface area (Å²) in [6.45, 7) is 0.527. The van der Waals surface area contributed by atoms with Crippen LogP contribution in [-0.2, 0) is 6.42 Å². The quantitative estimate of drug-likeness (QED) is 0.623. The summed E-state index contributed by atoms with van der Waals surface area (Å²) in [6, 6.07) is 8.41. The molecule has 0 amide bonds. The smallest absolute Gasteiger partial charge is 0.335 e. The minimum absolute atomic E-state index is 0.159. The van der Waals surface area contributed by atoms with Crippen molar-refractivity contribution >= 4 is 11.7 Å². The molecule has 0 unspecified atom stereocenters. The number of nitrogen functional groups attached to an aromatic ring is 1. The van der Waals surface area contributed by atoms with Gasteiger partial charge in [-0.05, 0) is 48.7 Å². The van der Waals surface area contributed by atoms with Gasteiger partial charge < -0.3 is 15.6 Å². The van der Waals surface area contributed by atoms with Crippen LogP contribution in [-0.4, -0.2) is 22.7 Å². The normalized spacial score (nSPS) is 10.2. The number of pyridine rings is 1. The number of hydrogen-bond donors (Lipinski definition) is 2. The summed E-state index contributed by atoms with van der Waals surface area (Å²) in [6.07, 6.45) is 5.28. The number of carboxylic acids is 1. The fourth-order valence-corrected chi connectivity index (χ4v) is 1.82. The van der Waals surface area contributed by atoms with Gasteiger partial charge in [-0.15, -0.1) is 0 Å². The Hall–Kier alpha value is -2.56. The fourth-order valence-electron chi connectivity index (χ4n) is 1.82. The zero-order valence-corrected chi connectivity index (χ0v) is 11.0. The maximum Gasteiger partial charge on any atom is 0.335 e. The molecule has 3 N–H and O–H groups in total. The lowest BCUT2D eigenvalue weighted by Crippen LogP contribution is -2.04. The summed E-state index contributed by atoms with van der Waals surface area (Å²) in [5.41, 5.74) is 7.46. The zero-order chi connectivity index (χ0) is 14.4. The number of anilines is 1. The maximum atomic E-state index is 10.8. The van der Waals surface area contributed by atoms with Crippen LogP contribution in [0.15, 0.2) is 42.7 Å². The van der Waals surface area contributed by atoms with E-state index in [1.807, 2.05) is 12.1 Å². The van der Waals surface area contributed by atoms with Gasteiger partial charge in [-0.25, -0.2) is 4.79 Å². The van der Waals surface area contributed by atoms with E-state index in [4.69, 9.17) is 15.6 Å². The summed E-state index contributed by atoms with van der Waals surface area (Å²) < 4.78 is 5.56. The van der Waals surface area contributed by atoms with Crippen LogP contribution in [0, 0.1) is 0 Å². The van der Waals surface area contributed by atoms with Crippen molar-refractivity contribution in [3.8, 4) is 5.75 Å². The van der Waals surface area contributed by atoms with E-state index in [1.165, 1.54) is 17.7 Å². The highest BCUT2D eigenvalue weighted by Crippen LogP contribution is 2.22. The van der Waals surface area contributed by atoms with E-state index in [-0.39, 0.29) is 5.56 Å². The van der Waals surface area contributed by atoms with Crippen molar-refractivity contribution in [2.24, 2.45) is 0 Å². The molecular weight excluding hydrogens is 256 g/mol. The first-order valence-corrected chi connectivity index (χ1v) is 6.31. The number of carbonyl (C=O) groups is 1. The number of nitrogens with two attached hydrogens (primary N) is 1. The molecule has 0 atom stereocenters. The first-order chi connectivity index (χ1) is 9.66. The van der Waals surface area contributed by atoms with Gasteiger partial charge >= 0.3 is 5.97 Å². The van der Waals surface area contributed by atoms with Gasteiger partial charge in [0.05, 0.1) is 17.9 Å². The summed E-state index contributed by atoms with van der Waals surface area (Å²) >= 11 is 0. The Labute approximate surface area is 117 Å². The summed E-state index contributed by atoms with van der Waals surface area (Å²) in [5.74, 6) is -0.481. The van der Waals surface area contributed by atoms with Crippen LogP contribution in [0.2, 0.25) is 0 Å². The lowest BCUT2D eigenvalue weighted by Gasteiger charge is -2.09. The highest BCUT2D eigenvalue weighted by atomic mass is 16.5. The minimum Gasteiger partial charge on any atom is -0.491 e. The van der Waals surface area contributed by atoms with Crippen molar-refractivity contribution in [1.82, 2.24) is 4.98 Å². The molecule has 0 saturated heterocycles. The summed E-state index contributed by atoms with van der Waals surface area (Å²) in [5, 5.41) is 8.84. The Morgan fingerprint density at radius 2 is 2.00 bits per heavy atom. The number of nitrogens with zero attached hydrogens (tertiary/aromatic N) is 1. The van der Waals surface area contributed by atoms with Gasteiger partial charge in [0.1, 0.15) is 5.75 Å². The predicted molar refractivity (Wildman–Crippen MR) is 75.9 cm³/mol. The van der Waals surface area contributed by atoms with Crippen molar-refractivity contribution in [2.45, 2.75) is 12.8 Å². The predicted octanol–water partition coefficient (Wildman–Crippen LogP) is 2.37. The summed E-state index contributed by atoms with van der Waals surface area (Å²) in [4.78, 5) is 14.7. The largest absolute Gasteiger partial charge is 0.491 e. The Kier molecular flexibility index (Phi) is 4.55. The molecular formula is C15H16N2O3. The van der Waals surface area contributed by atoms with Crippen molar-refractivity contribution in [3.63, 3.8) is 0 Å². The number of benzene rings is 1. The number of hydrogen-bond acceptors (Lipinski definition) is 4. The molecule has 0 spiro atoms. The standard InChI is InChI=1S/C15H16N2O3/c16-13-10-12(15(18)19)3-4-14(13)20-9-1-2-11-5-7-17-8-6-11/h3-8,10H,1-2,9,16H2,(H,18,19). The number of aryl methyl sites for hydroxylation is 1. The second-order valence-corrected chi connectivity index (χ2v) is 4.37. The lowest BCUT2D eigenvalue weighted by molar-refractivity contribution is 0.0697. The van der Waals surface area contributed by atoms with Gasteiger partial charge in [-0.1, -0.05) is 0 Å². The molecule has 1 aromatic carbocycles. The second kappa shape index (κ2) is 6.56. The number of aromatic nitrogens is 1. The molecule has 2 aromatic rings. The molecule has 0 aliphatic carbocycles. The topological polar surface area (TPSA) is 85.4 Å². The van der Waals surface area contributed by atoms with E-state index < -0.39 is 5.97 Å². The van der Waals surface area contributed by atoms with Crippen molar-refractivity contribution < 1.29 is 14.6 Å². The highest BCUT2D eigenvalue weighted by Gasteiger charge is 2.06. The van der Waals surface area contributed by atoms with E-state index in [0.717, 1.165) is 12.8 Å². The van der Waals surface area contributed by atoms with Crippen molar-refractivity contribution in [1.29, 1.82) is 0 Å². The van der Waals surface area contributed by atoms with Crippen LogP contribution < -0.4 is 10.5 Å². The van der Waals surface area contributed by atoms with Crippen LogP contribution in [0.25, 0.3) is 0 Å². The van der Waals surface area contributed by atoms with E-state index in [9.17, 15) is 4.79 Å². The first-order valence-electron chi connectivity index (χ1n) is 6.31. The molecule has 0 bridgehead atoms. The zero-order valence-electron chi connectivity index (χ0n) is 11.0. The Morgan fingerprint density at radius 3 is 2.65 bits per heavy atom. The molecule has 104 valence electrons. The molecule has 1 heterocycles. The van der Waals surface area contributed by atoms with Crippen LogP contribution >= 0.6 is 0 Å². The Bertz CT molecular complexity index is 585. The van der Waals surface area contributed by atoms with Crippen molar-refractivity contribution in [2.75, 3.05) is 12.3 Å². The Balaban J connectivity index is 1.84. The van der Waals surface area contributed by atoms with E-state index in [1.54, 1.807) is 18.5 Å². The van der Waals surface area contributed by atoms with Gasteiger partial charge in [0.2, 0.25) is 0 Å². The third-order valence-corrected chi connectivity index (χ3v) is 2.87. The fraction of sp³-hybridized carbons (Fsp3) is 0.200. The SMILES string of the molecule is Nc1cc(C(=O)O)ccc1OCCCc1ccncc1. The molecule has 5 heteroatoms. The molecule has 0 fully saturated rings. The first kappa shape index (κ1) is 13.9. The van der Waals surface area contributed by atoms with Crippen LogP contribution in [0.3, 0.4) is 0 Å². The average molecular weight is 272 g/mol. The number of carboxylic acid groups (broad SMARTS) is 1. The molecule has 0 aliphatic rings. The van der Waals surface area contributed by atoms with Crippen LogP contribution in [0.5, 0.6) is 5.75 Å². The van der Waals surface area contributed by atoms with Gasteiger partial charge in [0, 0.05) is 12.4 Å². The summed E-state index contributed by atoms with van der Waals surface area (Å²) in [7, 11) is 0. The monoisotopic (exact) mass is 272 g/mol. The number of rotatable bonds is 6. The van der Waals surface area contributed by atoms with Crippen LogP contribution in [0.1, 0.15) is 22.3 Å². The average Bonchev–Trinajstić information content (AvgIpc) is 2.46. The molecule has 2 rings (SSSR count). The van der Waals surface area contributed by atoms with Gasteiger partial charge in [-0.2, -0.15) is 0 Å². The van der Waals surface area contributed by atoms with E-state index in [0.29, 0.717) is 18.0 Å². The molecule has 0 aliphatic heterocycles. The lowest BCUT2D eigenvalue weighted by atomic mass is 10.1. The van der Waals surface area contributed by atoms with Crippen molar-refractivity contribution in [3.05, 3.63) is 53.9 Å². The molecule has 0 saturated carbocycles. The van der Waals surface area contributed by atoms with Crippen LogP contribution in [0.4, 0.5) is 5.69 Å². The number of aromatic carboxylic acids is 1. The molecule has 1 aromatic heterocycles. The molecule has 0 radical (unpaired) electrons. The number of ether oxygens (including phenoxy) is 1. The molecule has 20 heavy (non-hydrogen) atoms. The highest BCUT2D eigenvalue weighted by molar-refractivity contribution is 5.89. The Morgan fingerprint density at radius 1 is 1.25 bits per heavy atom. The third-order valence-electron chi connectivity index (χ3n) is 2.87. The van der Waals surface area contributed by atoms with Gasteiger partial charge in [0.25, 0.3) is 0 Å². The molecule has 5 nitrogen and oxygen atoms in total. The van der Waals surface area contributed by atoms with E-state index in [2.05, 4.69) is 4.98 Å². The van der Waals surface area contributed by atoms with Gasteiger partial charge in [-0.3, -0.25) is 4.98 Å². The van der Waals surface area contributed by atoms with E-state index >= 15 is 0 Å². The second-order valence-electron chi connectivity index (χ2n) is 4.37. The van der Waals surface area contributed by atoms with Gasteiger partial charge in [0.15, 0.2) is 0 Å². The third kappa shape index (κ3) is 3.71.